The first-order valence-electron chi connectivity index (χ1n) is 7.80. The van der Waals surface area contributed by atoms with Crippen LogP contribution in [0.2, 0.25) is 0 Å². The molecule has 0 unspecified atom stereocenters. The maximum Gasteiger partial charge on any atom is 0.319 e. The lowest BCUT2D eigenvalue weighted by Crippen LogP contribution is -2.30. The lowest BCUT2D eigenvalue weighted by atomic mass is 10.1. The van der Waals surface area contributed by atoms with E-state index < -0.39 is 0 Å². The van der Waals surface area contributed by atoms with Crippen LogP contribution in [0.5, 0.6) is 0 Å². The molecule has 0 aliphatic heterocycles. The summed E-state index contributed by atoms with van der Waals surface area (Å²) in [5, 5.41) is 6.86. The van der Waals surface area contributed by atoms with Crippen LogP contribution >= 0.6 is 0 Å². The number of aromatic nitrogens is 2. The molecule has 0 spiro atoms. The first-order chi connectivity index (χ1) is 11.3. The first kappa shape index (κ1) is 15.1. The summed E-state index contributed by atoms with van der Waals surface area (Å²) in [7, 11) is 0. The molecule has 0 radical (unpaired) electrons. The van der Waals surface area contributed by atoms with Gasteiger partial charge in [0.25, 0.3) is 0 Å². The number of pyridine rings is 1. The second-order valence-electron chi connectivity index (χ2n) is 5.31. The van der Waals surface area contributed by atoms with E-state index in [1.54, 1.807) is 0 Å². The monoisotopic (exact) mass is 308 g/mol. The number of carbonyl (C=O) groups is 1. The molecule has 5 nitrogen and oxygen atoms in total. The van der Waals surface area contributed by atoms with Crippen molar-refractivity contribution in [1.82, 2.24) is 14.9 Å². The van der Waals surface area contributed by atoms with Crippen LogP contribution in [0.1, 0.15) is 12.5 Å². The fourth-order valence-electron chi connectivity index (χ4n) is 2.64. The van der Waals surface area contributed by atoms with Crippen LogP contribution in [-0.2, 0) is 13.0 Å². The number of anilines is 1. The number of urea groups is 1. The predicted molar refractivity (Wildman–Crippen MR) is 92.6 cm³/mol. The third-order valence-corrected chi connectivity index (χ3v) is 3.77. The molecule has 0 aliphatic rings. The number of hydrogen-bond acceptors (Lipinski definition) is 2. The Morgan fingerprint density at radius 1 is 1.17 bits per heavy atom. The highest BCUT2D eigenvalue weighted by atomic mass is 16.2. The lowest BCUT2D eigenvalue weighted by Gasteiger charge is -2.07. The molecule has 2 heterocycles. The Labute approximate surface area is 135 Å². The molecule has 0 aliphatic carbocycles. The number of rotatable bonds is 5. The second kappa shape index (κ2) is 6.96. The van der Waals surface area contributed by atoms with E-state index in [2.05, 4.69) is 39.4 Å². The Hall–Kier alpha value is -2.82. The van der Waals surface area contributed by atoms with Gasteiger partial charge in [0.05, 0.1) is 0 Å². The number of fused-ring (bicyclic) bond motifs is 1. The van der Waals surface area contributed by atoms with Gasteiger partial charge in [-0.2, -0.15) is 0 Å². The van der Waals surface area contributed by atoms with Crippen LogP contribution in [-0.4, -0.2) is 22.1 Å². The van der Waals surface area contributed by atoms with E-state index in [0.717, 1.165) is 29.7 Å². The standard InChI is InChI=1S/C18H20N4O/c1-2-22-13-14(16-9-6-11-19-17(16)22)10-12-20-18(23)21-15-7-4-3-5-8-15/h3-9,11,13H,2,10,12H2,1H3,(H2,20,21,23). The van der Waals surface area contributed by atoms with Gasteiger partial charge in [-0.25, -0.2) is 9.78 Å². The Kier molecular flexibility index (Phi) is 4.57. The first-order valence-corrected chi connectivity index (χ1v) is 7.80. The van der Waals surface area contributed by atoms with Gasteiger partial charge in [-0.05, 0) is 43.2 Å². The highest BCUT2D eigenvalue weighted by Gasteiger charge is 2.08. The van der Waals surface area contributed by atoms with E-state index in [9.17, 15) is 4.79 Å². The maximum absolute atomic E-state index is 11.9. The number of aryl methyl sites for hydroxylation is 1. The molecular weight excluding hydrogens is 288 g/mol. The van der Waals surface area contributed by atoms with Crippen molar-refractivity contribution >= 4 is 22.8 Å². The molecular formula is C18H20N4O. The SMILES string of the molecule is CCn1cc(CCNC(=O)Nc2ccccc2)c2cccnc21. The molecule has 2 N–H and O–H groups in total. The Bertz CT molecular complexity index is 795. The van der Waals surface area contributed by atoms with E-state index in [1.807, 2.05) is 42.6 Å². The molecule has 23 heavy (non-hydrogen) atoms. The number of carbonyl (C=O) groups excluding carboxylic acids is 1. The molecule has 118 valence electrons. The van der Waals surface area contributed by atoms with Crippen molar-refractivity contribution in [3.05, 3.63) is 60.4 Å². The van der Waals surface area contributed by atoms with Crippen molar-refractivity contribution in [3.63, 3.8) is 0 Å². The smallest absolute Gasteiger partial charge is 0.319 e. The van der Waals surface area contributed by atoms with Gasteiger partial charge < -0.3 is 15.2 Å². The third-order valence-electron chi connectivity index (χ3n) is 3.77. The number of nitrogens with zero attached hydrogens (tertiary/aromatic N) is 2. The van der Waals surface area contributed by atoms with Crippen molar-refractivity contribution in [2.24, 2.45) is 0 Å². The summed E-state index contributed by atoms with van der Waals surface area (Å²) in [6.45, 7) is 3.56. The summed E-state index contributed by atoms with van der Waals surface area (Å²) in [4.78, 5) is 16.3. The Morgan fingerprint density at radius 2 is 2.00 bits per heavy atom. The number of nitrogens with one attached hydrogen (secondary N) is 2. The zero-order chi connectivity index (χ0) is 16.1. The summed E-state index contributed by atoms with van der Waals surface area (Å²) in [6.07, 6.45) is 4.70. The summed E-state index contributed by atoms with van der Waals surface area (Å²) in [5.41, 5.74) is 2.99. The molecule has 0 fully saturated rings. The van der Waals surface area contributed by atoms with Gasteiger partial charge in [0.15, 0.2) is 0 Å². The van der Waals surface area contributed by atoms with Crippen molar-refractivity contribution in [3.8, 4) is 0 Å². The van der Waals surface area contributed by atoms with Gasteiger partial charge in [-0.15, -0.1) is 0 Å². The van der Waals surface area contributed by atoms with Gasteiger partial charge in [0, 0.05) is 36.6 Å². The summed E-state index contributed by atoms with van der Waals surface area (Å²) in [6, 6.07) is 13.3. The molecule has 1 aromatic carbocycles. The minimum absolute atomic E-state index is 0.187. The van der Waals surface area contributed by atoms with E-state index in [0.29, 0.717) is 6.54 Å². The average molecular weight is 308 g/mol. The highest BCUT2D eigenvalue weighted by Crippen LogP contribution is 2.19. The molecule has 0 saturated carbocycles. The van der Waals surface area contributed by atoms with Gasteiger partial charge >= 0.3 is 6.03 Å². The quantitative estimate of drug-likeness (QED) is 0.758. The largest absolute Gasteiger partial charge is 0.338 e. The fraction of sp³-hybridized carbons (Fsp3) is 0.222. The van der Waals surface area contributed by atoms with E-state index >= 15 is 0 Å². The minimum Gasteiger partial charge on any atom is -0.338 e. The predicted octanol–water partition coefficient (Wildman–Crippen LogP) is 3.42. The minimum atomic E-state index is -0.187. The van der Waals surface area contributed by atoms with Gasteiger partial charge in [-0.3, -0.25) is 0 Å². The zero-order valence-electron chi connectivity index (χ0n) is 13.1. The average Bonchev–Trinajstić information content (AvgIpc) is 2.94. The van der Waals surface area contributed by atoms with Crippen LogP contribution in [0.15, 0.2) is 54.9 Å². The van der Waals surface area contributed by atoms with Crippen LogP contribution < -0.4 is 10.6 Å². The second-order valence-corrected chi connectivity index (χ2v) is 5.31. The van der Waals surface area contributed by atoms with Crippen molar-refractivity contribution in [2.75, 3.05) is 11.9 Å². The third kappa shape index (κ3) is 3.51. The van der Waals surface area contributed by atoms with Crippen molar-refractivity contribution in [1.29, 1.82) is 0 Å². The molecule has 2 aromatic heterocycles. The fourth-order valence-corrected chi connectivity index (χ4v) is 2.64. The number of benzene rings is 1. The lowest BCUT2D eigenvalue weighted by molar-refractivity contribution is 0.252. The topological polar surface area (TPSA) is 59.0 Å². The molecule has 0 bridgehead atoms. The molecule has 2 amide bonds. The Balaban J connectivity index is 1.60. The zero-order valence-corrected chi connectivity index (χ0v) is 13.1. The van der Waals surface area contributed by atoms with Gasteiger partial charge in [0.2, 0.25) is 0 Å². The summed E-state index contributed by atoms with van der Waals surface area (Å²) >= 11 is 0. The molecule has 3 rings (SSSR count). The molecule has 0 atom stereocenters. The van der Waals surface area contributed by atoms with Gasteiger partial charge in [0.1, 0.15) is 5.65 Å². The summed E-state index contributed by atoms with van der Waals surface area (Å²) in [5.74, 6) is 0. The highest BCUT2D eigenvalue weighted by molar-refractivity contribution is 5.89. The van der Waals surface area contributed by atoms with Gasteiger partial charge in [-0.1, -0.05) is 18.2 Å². The van der Waals surface area contributed by atoms with Crippen LogP contribution in [0.25, 0.3) is 11.0 Å². The van der Waals surface area contributed by atoms with E-state index in [4.69, 9.17) is 0 Å². The summed E-state index contributed by atoms with van der Waals surface area (Å²) < 4.78 is 2.13. The maximum atomic E-state index is 11.9. The van der Waals surface area contributed by atoms with Crippen molar-refractivity contribution < 1.29 is 4.79 Å². The van der Waals surface area contributed by atoms with E-state index in [1.165, 1.54) is 5.56 Å². The molecule has 5 heteroatoms. The van der Waals surface area contributed by atoms with Crippen LogP contribution in [0.4, 0.5) is 10.5 Å². The number of para-hydroxylation sites is 1. The Morgan fingerprint density at radius 3 is 2.78 bits per heavy atom. The normalized spacial score (nSPS) is 10.7. The molecule has 0 saturated heterocycles. The number of hydrogen-bond donors (Lipinski definition) is 2. The van der Waals surface area contributed by atoms with E-state index in [-0.39, 0.29) is 6.03 Å². The van der Waals surface area contributed by atoms with Crippen molar-refractivity contribution in [2.45, 2.75) is 19.9 Å². The van der Waals surface area contributed by atoms with Crippen LogP contribution in [0.3, 0.4) is 0 Å². The number of amides is 2. The molecule has 3 aromatic rings. The van der Waals surface area contributed by atoms with Crippen LogP contribution in [0, 0.1) is 0 Å².